The maximum Gasteiger partial charge on any atom is 0.309 e. The van der Waals surface area contributed by atoms with Crippen LogP contribution in [-0.4, -0.2) is 43.7 Å². The second-order valence-corrected chi connectivity index (χ2v) is 10.1. The summed E-state index contributed by atoms with van der Waals surface area (Å²) >= 11 is 0. The summed E-state index contributed by atoms with van der Waals surface area (Å²) in [6.07, 6.45) is 4.40. The number of nitrogens with zero attached hydrogens (tertiary/aromatic N) is 1. The minimum atomic E-state index is -3.66. The number of hydrogen-bond donors (Lipinski definition) is 2. The minimum absolute atomic E-state index is 0.128. The Morgan fingerprint density at radius 1 is 1.09 bits per heavy atom. The summed E-state index contributed by atoms with van der Waals surface area (Å²) < 4.78 is 33.7. The van der Waals surface area contributed by atoms with Crippen LogP contribution in [0.15, 0.2) is 39.8 Å². The average molecular weight is 462 g/mol. The Morgan fingerprint density at radius 3 is 2.44 bits per heavy atom. The molecule has 8 nitrogen and oxygen atoms in total. The van der Waals surface area contributed by atoms with Crippen LogP contribution in [0.1, 0.15) is 48.1 Å². The van der Waals surface area contributed by atoms with Gasteiger partial charge in [0, 0.05) is 19.1 Å². The summed E-state index contributed by atoms with van der Waals surface area (Å²) in [5.41, 5.74) is 2.52. The van der Waals surface area contributed by atoms with Crippen LogP contribution in [-0.2, 0) is 26.2 Å². The van der Waals surface area contributed by atoms with Crippen LogP contribution in [0.2, 0.25) is 0 Å². The van der Waals surface area contributed by atoms with E-state index in [2.05, 4.69) is 10.6 Å². The Labute approximate surface area is 189 Å². The number of furan rings is 1. The number of benzene rings is 1. The molecule has 1 atom stereocenters. The van der Waals surface area contributed by atoms with Gasteiger partial charge in [0.1, 0.15) is 5.76 Å². The van der Waals surface area contributed by atoms with Crippen molar-refractivity contribution in [3.63, 3.8) is 0 Å². The van der Waals surface area contributed by atoms with Gasteiger partial charge in [0.25, 0.3) is 0 Å². The molecule has 2 N–H and O–H groups in total. The van der Waals surface area contributed by atoms with E-state index in [0.29, 0.717) is 23.6 Å². The Hall–Kier alpha value is -2.65. The molecular weight excluding hydrogens is 430 g/mol. The van der Waals surface area contributed by atoms with Crippen LogP contribution in [0.25, 0.3) is 0 Å². The monoisotopic (exact) mass is 461 g/mol. The van der Waals surface area contributed by atoms with Crippen molar-refractivity contribution in [2.45, 2.75) is 63.9 Å². The van der Waals surface area contributed by atoms with E-state index in [1.165, 1.54) is 6.26 Å². The van der Waals surface area contributed by atoms with Crippen molar-refractivity contribution >= 4 is 21.8 Å². The molecule has 174 valence electrons. The number of piperidine rings is 1. The van der Waals surface area contributed by atoms with E-state index in [1.807, 2.05) is 32.9 Å². The SMILES string of the molecule is Cc1cc(C)c(S(=O)(=O)N2CCCC[C@H]2CCNC(=O)C(=O)NCc2ccco2)c(C)c1. The molecule has 2 heterocycles. The van der Waals surface area contributed by atoms with Crippen LogP contribution < -0.4 is 10.6 Å². The number of hydrogen-bond acceptors (Lipinski definition) is 5. The van der Waals surface area contributed by atoms with E-state index < -0.39 is 21.8 Å². The third kappa shape index (κ3) is 5.58. The van der Waals surface area contributed by atoms with Crippen molar-refractivity contribution in [1.29, 1.82) is 0 Å². The van der Waals surface area contributed by atoms with Gasteiger partial charge < -0.3 is 15.1 Å². The molecule has 1 saturated heterocycles. The molecule has 0 aliphatic carbocycles. The molecule has 3 rings (SSSR count). The predicted molar refractivity (Wildman–Crippen MR) is 120 cm³/mol. The fourth-order valence-corrected chi connectivity index (χ4v) is 6.50. The van der Waals surface area contributed by atoms with Gasteiger partial charge in [0.05, 0.1) is 17.7 Å². The lowest BCUT2D eigenvalue weighted by molar-refractivity contribution is -0.139. The number of carbonyl (C=O) groups is 2. The van der Waals surface area contributed by atoms with Gasteiger partial charge in [0.2, 0.25) is 10.0 Å². The molecule has 1 aliphatic heterocycles. The van der Waals surface area contributed by atoms with Crippen molar-refractivity contribution < 1.29 is 22.4 Å². The first-order valence-electron chi connectivity index (χ1n) is 10.9. The Kier molecular flexibility index (Phi) is 7.73. The Bertz CT molecular complexity index is 1040. The summed E-state index contributed by atoms with van der Waals surface area (Å²) in [6.45, 7) is 6.41. The number of aryl methyl sites for hydroxylation is 3. The highest BCUT2D eigenvalue weighted by Gasteiger charge is 2.35. The minimum Gasteiger partial charge on any atom is -0.467 e. The normalized spacial score (nSPS) is 17.2. The number of carbonyl (C=O) groups excluding carboxylic acids is 2. The van der Waals surface area contributed by atoms with Gasteiger partial charge in [-0.25, -0.2) is 8.42 Å². The first kappa shape index (κ1) is 24.0. The number of amides is 2. The molecule has 32 heavy (non-hydrogen) atoms. The smallest absolute Gasteiger partial charge is 0.309 e. The molecule has 1 aliphatic rings. The molecule has 9 heteroatoms. The third-order valence-electron chi connectivity index (χ3n) is 5.72. The highest BCUT2D eigenvalue weighted by Crippen LogP contribution is 2.31. The average Bonchev–Trinajstić information content (AvgIpc) is 3.25. The van der Waals surface area contributed by atoms with Crippen LogP contribution in [0, 0.1) is 20.8 Å². The molecule has 2 aromatic rings. The quantitative estimate of drug-likeness (QED) is 0.616. The van der Waals surface area contributed by atoms with Gasteiger partial charge in [-0.2, -0.15) is 4.31 Å². The van der Waals surface area contributed by atoms with E-state index in [1.54, 1.807) is 16.4 Å². The zero-order valence-corrected chi connectivity index (χ0v) is 19.6. The highest BCUT2D eigenvalue weighted by molar-refractivity contribution is 7.89. The molecule has 0 saturated carbocycles. The number of sulfonamides is 1. The standard InChI is InChI=1S/C23H31N3O5S/c1-16-13-17(2)21(18(3)14-16)32(29,30)26-11-5-4-7-19(26)9-10-24-22(27)23(28)25-15-20-8-6-12-31-20/h6,8,12-14,19H,4-5,7,9-11,15H2,1-3H3,(H,24,27)(H,25,28)/t19-/m0/s1. The molecule has 1 fully saturated rings. The van der Waals surface area contributed by atoms with Crippen molar-refractivity contribution in [1.82, 2.24) is 14.9 Å². The molecule has 0 bridgehead atoms. The summed E-state index contributed by atoms with van der Waals surface area (Å²) in [5.74, 6) is -0.941. The second-order valence-electron chi connectivity index (χ2n) is 8.30. The van der Waals surface area contributed by atoms with Crippen LogP contribution >= 0.6 is 0 Å². The largest absolute Gasteiger partial charge is 0.467 e. The van der Waals surface area contributed by atoms with Crippen LogP contribution in [0.4, 0.5) is 0 Å². The first-order valence-corrected chi connectivity index (χ1v) is 12.3. The lowest BCUT2D eigenvalue weighted by Gasteiger charge is -2.35. The molecule has 0 spiro atoms. The molecule has 0 radical (unpaired) electrons. The second kappa shape index (κ2) is 10.3. The molecule has 1 aromatic heterocycles. The topological polar surface area (TPSA) is 109 Å². The van der Waals surface area contributed by atoms with E-state index in [4.69, 9.17) is 4.42 Å². The third-order valence-corrected chi connectivity index (χ3v) is 7.98. The lowest BCUT2D eigenvalue weighted by Crippen LogP contribution is -2.46. The Balaban J connectivity index is 1.61. The maximum absolute atomic E-state index is 13.5. The number of rotatable bonds is 7. The summed E-state index contributed by atoms with van der Waals surface area (Å²) in [5, 5.41) is 5.09. The first-order chi connectivity index (χ1) is 15.2. The summed E-state index contributed by atoms with van der Waals surface area (Å²) in [7, 11) is -3.66. The van der Waals surface area contributed by atoms with Gasteiger partial charge in [0.15, 0.2) is 0 Å². The molecule has 1 aromatic carbocycles. The van der Waals surface area contributed by atoms with E-state index >= 15 is 0 Å². The number of nitrogens with one attached hydrogen (secondary N) is 2. The van der Waals surface area contributed by atoms with Crippen molar-refractivity contribution in [2.24, 2.45) is 0 Å². The van der Waals surface area contributed by atoms with Gasteiger partial charge in [-0.3, -0.25) is 9.59 Å². The fourth-order valence-electron chi connectivity index (χ4n) is 4.36. The molecule has 2 amide bonds. The van der Waals surface area contributed by atoms with Crippen molar-refractivity contribution in [3.05, 3.63) is 53.0 Å². The summed E-state index contributed by atoms with van der Waals surface area (Å²) in [6, 6.07) is 6.96. The predicted octanol–water partition coefficient (Wildman–Crippen LogP) is 2.57. The highest BCUT2D eigenvalue weighted by atomic mass is 32.2. The van der Waals surface area contributed by atoms with Crippen LogP contribution in [0.3, 0.4) is 0 Å². The van der Waals surface area contributed by atoms with Crippen molar-refractivity contribution in [3.8, 4) is 0 Å². The van der Waals surface area contributed by atoms with Crippen molar-refractivity contribution in [2.75, 3.05) is 13.1 Å². The lowest BCUT2D eigenvalue weighted by atomic mass is 10.0. The van der Waals surface area contributed by atoms with Gasteiger partial charge in [-0.1, -0.05) is 24.1 Å². The maximum atomic E-state index is 13.5. The molecular formula is C23H31N3O5S. The van der Waals surface area contributed by atoms with E-state index in [0.717, 1.165) is 36.0 Å². The van der Waals surface area contributed by atoms with Gasteiger partial charge >= 0.3 is 11.8 Å². The Morgan fingerprint density at radius 2 is 1.78 bits per heavy atom. The zero-order valence-electron chi connectivity index (χ0n) is 18.8. The van der Waals surface area contributed by atoms with E-state index in [9.17, 15) is 18.0 Å². The summed E-state index contributed by atoms with van der Waals surface area (Å²) in [4.78, 5) is 24.4. The molecule has 0 unspecified atom stereocenters. The zero-order chi connectivity index (χ0) is 23.3. The van der Waals surface area contributed by atoms with Gasteiger partial charge in [-0.15, -0.1) is 0 Å². The van der Waals surface area contributed by atoms with Crippen LogP contribution in [0.5, 0.6) is 0 Å². The fraction of sp³-hybridized carbons (Fsp3) is 0.478. The van der Waals surface area contributed by atoms with Gasteiger partial charge in [-0.05, 0) is 63.3 Å². The van der Waals surface area contributed by atoms with E-state index in [-0.39, 0.29) is 19.1 Å².